The number of hydrogen-bond acceptors (Lipinski definition) is 2. The molecule has 0 heterocycles. The Kier molecular flexibility index (Phi) is 1.87. The highest BCUT2D eigenvalue weighted by Crippen LogP contribution is 2.32. The topological polar surface area (TPSA) is 54.4 Å². The van der Waals surface area contributed by atoms with Crippen molar-refractivity contribution in [1.29, 1.82) is 0 Å². The average Bonchev–Trinajstić information content (AvgIpc) is 2.62. The van der Waals surface area contributed by atoms with Gasteiger partial charge in [0.1, 0.15) is 0 Å². The molecule has 0 bridgehead atoms. The molecule has 0 fully saturated rings. The molecule has 0 aromatic heterocycles. The Morgan fingerprint density at radius 2 is 1.81 bits per heavy atom. The van der Waals surface area contributed by atoms with Gasteiger partial charge in [0, 0.05) is 0 Å². The second-order valence-corrected chi connectivity index (χ2v) is 5.49. The second-order valence-electron chi connectivity index (χ2n) is 4.07. The third kappa shape index (κ3) is 1.34. The lowest BCUT2D eigenvalue weighted by Crippen LogP contribution is -1.98. The summed E-state index contributed by atoms with van der Waals surface area (Å²) < 4.78 is 31.3. The molecule has 0 aliphatic heterocycles. The molecule has 0 saturated carbocycles. The van der Waals surface area contributed by atoms with Crippen LogP contribution in [0.2, 0.25) is 0 Å². The van der Waals surface area contributed by atoms with E-state index in [1.165, 1.54) is 11.6 Å². The van der Waals surface area contributed by atoms with Crippen LogP contribution in [0.4, 0.5) is 0 Å². The minimum Gasteiger partial charge on any atom is -0.282 e. The van der Waals surface area contributed by atoms with Crippen LogP contribution in [0, 0.1) is 0 Å². The van der Waals surface area contributed by atoms with E-state index in [0.717, 1.165) is 29.2 Å². The average molecular weight is 234 g/mol. The zero-order chi connectivity index (χ0) is 11.3. The Balaban J connectivity index is 2.43. The number of hydrogen-bond donors (Lipinski definition) is 1. The Hall–Kier alpha value is -1.39. The van der Waals surface area contributed by atoms with Gasteiger partial charge >= 0.3 is 0 Å². The van der Waals surface area contributed by atoms with Gasteiger partial charge in [-0.1, -0.05) is 18.2 Å². The predicted octanol–water partition coefficient (Wildman–Crippen LogP) is 2.19. The van der Waals surface area contributed by atoms with Crippen LogP contribution in [-0.2, 0) is 23.0 Å². The Labute approximate surface area is 93.5 Å². The van der Waals surface area contributed by atoms with Gasteiger partial charge in [-0.2, -0.15) is 8.42 Å². The highest BCUT2D eigenvalue weighted by molar-refractivity contribution is 7.85. The molecule has 1 N–H and O–H groups in total. The maximum atomic E-state index is 11.1. The van der Waals surface area contributed by atoms with Gasteiger partial charge in [-0.05, 0) is 46.9 Å². The standard InChI is InChI=1S/C12H10O3S/c13-16(14,15)11-6-9-3-1-2-8-4-5-10(7-11)12(8)9/h1-3,6-7H,4-5H2,(H,13,14,15). The van der Waals surface area contributed by atoms with Crippen molar-refractivity contribution in [2.24, 2.45) is 0 Å². The fraction of sp³-hybridized carbons (Fsp3) is 0.167. The SMILES string of the molecule is O=S(=O)(O)c1cc2c3c(cccc3c1)CC2. The summed E-state index contributed by atoms with van der Waals surface area (Å²) in [7, 11) is -4.10. The zero-order valence-electron chi connectivity index (χ0n) is 8.47. The van der Waals surface area contributed by atoms with Gasteiger partial charge in [-0.3, -0.25) is 4.55 Å². The van der Waals surface area contributed by atoms with E-state index in [-0.39, 0.29) is 4.90 Å². The van der Waals surface area contributed by atoms with Crippen LogP contribution in [-0.4, -0.2) is 13.0 Å². The fourth-order valence-corrected chi connectivity index (χ4v) is 2.96. The smallest absolute Gasteiger partial charge is 0.282 e. The van der Waals surface area contributed by atoms with Crippen molar-refractivity contribution >= 4 is 20.9 Å². The third-order valence-electron chi connectivity index (χ3n) is 3.08. The summed E-state index contributed by atoms with van der Waals surface area (Å²) in [6, 6.07) is 8.96. The van der Waals surface area contributed by atoms with E-state index in [2.05, 4.69) is 6.07 Å². The van der Waals surface area contributed by atoms with Crippen molar-refractivity contribution in [3.05, 3.63) is 41.5 Å². The molecular formula is C12H10O3S. The van der Waals surface area contributed by atoms with E-state index in [4.69, 9.17) is 4.55 Å². The molecule has 0 atom stereocenters. The second kappa shape index (κ2) is 3.06. The first-order valence-electron chi connectivity index (χ1n) is 5.08. The lowest BCUT2D eigenvalue weighted by Gasteiger charge is -2.04. The first-order chi connectivity index (χ1) is 7.55. The number of aryl methyl sites for hydroxylation is 2. The van der Waals surface area contributed by atoms with Crippen molar-refractivity contribution in [1.82, 2.24) is 0 Å². The molecule has 0 unspecified atom stereocenters. The van der Waals surface area contributed by atoms with Crippen LogP contribution in [0.15, 0.2) is 35.2 Å². The maximum Gasteiger partial charge on any atom is 0.294 e. The van der Waals surface area contributed by atoms with Crippen LogP contribution in [0.3, 0.4) is 0 Å². The highest BCUT2D eigenvalue weighted by atomic mass is 32.2. The van der Waals surface area contributed by atoms with E-state index < -0.39 is 10.1 Å². The zero-order valence-corrected chi connectivity index (χ0v) is 9.29. The number of benzene rings is 2. The molecule has 0 spiro atoms. The Morgan fingerprint density at radius 3 is 2.56 bits per heavy atom. The summed E-state index contributed by atoms with van der Waals surface area (Å²) in [6.07, 6.45) is 1.79. The van der Waals surface area contributed by atoms with Crippen molar-refractivity contribution < 1.29 is 13.0 Å². The summed E-state index contributed by atoms with van der Waals surface area (Å²) in [6.45, 7) is 0. The summed E-state index contributed by atoms with van der Waals surface area (Å²) in [4.78, 5) is -0.00551. The Bertz CT molecular complexity index is 687. The first-order valence-corrected chi connectivity index (χ1v) is 6.52. The molecule has 2 aromatic rings. The molecular weight excluding hydrogens is 224 g/mol. The fourth-order valence-electron chi connectivity index (χ4n) is 2.39. The van der Waals surface area contributed by atoms with Gasteiger partial charge in [0.25, 0.3) is 10.1 Å². The van der Waals surface area contributed by atoms with Crippen molar-refractivity contribution in [3.63, 3.8) is 0 Å². The van der Waals surface area contributed by atoms with Crippen molar-refractivity contribution in [2.75, 3.05) is 0 Å². The minimum atomic E-state index is -4.10. The predicted molar refractivity (Wildman–Crippen MR) is 61.2 cm³/mol. The van der Waals surface area contributed by atoms with Gasteiger partial charge < -0.3 is 0 Å². The summed E-state index contributed by atoms with van der Waals surface area (Å²) in [5.41, 5.74) is 2.27. The van der Waals surface area contributed by atoms with Crippen LogP contribution < -0.4 is 0 Å². The van der Waals surface area contributed by atoms with E-state index in [1.807, 2.05) is 12.1 Å². The molecule has 0 saturated heterocycles. The van der Waals surface area contributed by atoms with Gasteiger partial charge in [0.15, 0.2) is 0 Å². The van der Waals surface area contributed by atoms with E-state index >= 15 is 0 Å². The van der Waals surface area contributed by atoms with Gasteiger partial charge in [0.05, 0.1) is 4.90 Å². The molecule has 1 aliphatic carbocycles. The van der Waals surface area contributed by atoms with Crippen LogP contribution >= 0.6 is 0 Å². The number of rotatable bonds is 1. The minimum absolute atomic E-state index is 0.00551. The lowest BCUT2D eigenvalue weighted by molar-refractivity contribution is 0.483. The van der Waals surface area contributed by atoms with Crippen LogP contribution in [0.1, 0.15) is 11.1 Å². The molecule has 4 heteroatoms. The van der Waals surface area contributed by atoms with Crippen molar-refractivity contribution in [3.8, 4) is 0 Å². The molecule has 16 heavy (non-hydrogen) atoms. The molecule has 2 aromatic carbocycles. The quantitative estimate of drug-likeness (QED) is 0.769. The highest BCUT2D eigenvalue weighted by Gasteiger charge is 2.18. The summed E-state index contributed by atoms with van der Waals surface area (Å²) in [5, 5.41) is 2.04. The largest absolute Gasteiger partial charge is 0.294 e. The van der Waals surface area contributed by atoms with Gasteiger partial charge in [-0.15, -0.1) is 0 Å². The molecule has 3 nitrogen and oxygen atoms in total. The summed E-state index contributed by atoms with van der Waals surface area (Å²) in [5.74, 6) is 0. The molecule has 3 rings (SSSR count). The molecule has 0 amide bonds. The van der Waals surface area contributed by atoms with Gasteiger partial charge in [-0.25, -0.2) is 0 Å². The van der Waals surface area contributed by atoms with Crippen LogP contribution in [0.5, 0.6) is 0 Å². The van der Waals surface area contributed by atoms with E-state index in [0.29, 0.717) is 0 Å². The van der Waals surface area contributed by atoms with Crippen molar-refractivity contribution in [2.45, 2.75) is 17.7 Å². The Morgan fingerprint density at radius 1 is 1.06 bits per heavy atom. The lowest BCUT2D eigenvalue weighted by atomic mass is 10.1. The van der Waals surface area contributed by atoms with Crippen LogP contribution in [0.25, 0.3) is 10.8 Å². The molecule has 82 valence electrons. The van der Waals surface area contributed by atoms with E-state index in [1.54, 1.807) is 6.07 Å². The maximum absolute atomic E-state index is 11.1. The molecule has 0 radical (unpaired) electrons. The van der Waals surface area contributed by atoms with E-state index in [9.17, 15) is 8.42 Å². The monoisotopic (exact) mass is 234 g/mol. The summed E-state index contributed by atoms with van der Waals surface area (Å²) >= 11 is 0. The third-order valence-corrected chi connectivity index (χ3v) is 3.91. The van der Waals surface area contributed by atoms with Gasteiger partial charge in [0.2, 0.25) is 0 Å². The molecule has 1 aliphatic rings. The normalized spacial score (nSPS) is 14.6. The first kappa shape index (κ1) is 9.81.